The Bertz CT molecular complexity index is 465. The van der Waals surface area contributed by atoms with E-state index in [4.69, 9.17) is 4.74 Å². The largest absolute Gasteiger partial charge is 0.444 e. The first-order valence-corrected chi connectivity index (χ1v) is 7.13. The summed E-state index contributed by atoms with van der Waals surface area (Å²) in [6.07, 6.45) is -0.236. The summed E-state index contributed by atoms with van der Waals surface area (Å²) in [5.41, 5.74) is 0.628. The van der Waals surface area contributed by atoms with Crippen LogP contribution in [0.2, 0.25) is 0 Å². The van der Waals surface area contributed by atoms with Crippen molar-refractivity contribution in [2.24, 2.45) is 0 Å². The maximum atomic E-state index is 11.8. The molecule has 1 aromatic carbocycles. The maximum Gasteiger partial charge on any atom is 0.410 e. The number of anilines is 1. The van der Waals surface area contributed by atoms with Crippen molar-refractivity contribution < 1.29 is 9.53 Å². The third kappa shape index (κ3) is 4.13. The summed E-state index contributed by atoms with van der Waals surface area (Å²) in [6.45, 7) is 6.99. The van der Waals surface area contributed by atoms with Gasteiger partial charge in [0.05, 0.1) is 6.04 Å². The van der Waals surface area contributed by atoms with Gasteiger partial charge in [0.2, 0.25) is 0 Å². The van der Waals surface area contributed by atoms with Gasteiger partial charge < -0.3 is 15.0 Å². The normalized spacial score (nSPS) is 15.9. The second kappa shape index (κ2) is 5.41. The average Bonchev–Trinajstić information content (AvgIpc) is 2.20. The molecule has 0 unspecified atom stereocenters. The third-order valence-electron chi connectivity index (χ3n) is 2.73. The SMILES string of the molecule is CC(C)(C)OC(=O)N1CC(Nc2cccc(Br)c2)C1. The van der Waals surface area contributed by atoms with E-state index >= 15 is 0 Å². The summed E-state index contributed by atoms with van der Waals surface area (Å²) in [5.74, 6) is 0. The molecule has 0 bridgehead atoms. The van der Waals surface area contributed by atoms with E-state index in [2.05, 4.69) is 21.2 Å². The second-order valence-corrected chi connectivity index (χ2v) is 6.65. The van der Waals surface area contributed by atoms with Gasteiger partial charge in [0.15, 0.2) is 0 Å². The highest BCUT2D eigenvalue weighted by atomic mass is 79.9. The standard InChI is InChI=1S/C14H19BrN2O2/c1-14(2,3)19-13(18)17-8-12(9-17)16-11-6-4-5-10(15)7-11/h4-7,12,16H,8-9H2,1-3H3. The number of hydrogen-bond donors (Lipinski definition) is 1. The number of nitrogens with zero attached hydrogens (tertiary/aromatic N) is 1. The van der Waals surface area contributed by atoms with Crippen LogP contribution in [0.1, 0.15) is 20.8 Å². The molecule has 5 heteroatoms. The minimum atomic E-state index is -0.431. The first kappa shape index (κ1) is 14.2. The highest BCUT2D eigenvalue weighted by molar-refractivity contribution is 9.10. The number of ether oxygens (including phenoxy) is 1. The molecule has 0 radical (unpaired) electrons. The van der Waals surface area contributed by atoms with Crippen LogP contribution < -0.4 is 5.32 Å². The van der Waals surface area contributed by atoms with Crippen molar-refractivity contribution in [3.05, 3.63) is 28.7 Å². The van der Waals surface area contributed by atoms with Crippen LogP contribution in [-0.4, -0.2) is 35.7 Å². The molecule has 1 amide bonds. The molecule has 104 valence electrons. The van der Waals surface area contributed by atoms with E-state index in [1.165, 1.54) is 0 Å². The predicted octanol–water partition coefficient (Wildman–Crippen LogP) is 3.48. The van der Waals surface area contributed by atoms with Crippen LogP contribution in [0.15, 0.2) is 28.7 Å². The van der Waals surface area contributed by atoms with Gasteiger partial charge in [-0.15, -0.1) is 0 Å². The Balaban J connectivity index is 1.79. The summed E-state index contributed by atoms with van der Waals surface area (Å²) < 4.78 is 6.35. The first-order chi connectivity index (χ1) is 8.83. The molecule has 1 N–H and O–H groups in total. The Kier molecular flexibility index (Phi) is 4.04. The summed E-state index contributed by atoms with van der Waals surface area (Å²) in [4.78, 5) is 13.5. The number of halogens is 1. The van der Waals surface area contributed by atoms with Gasteiger partial charge in [-0.1, -0.05) is 22.0 Å². The van der Waals surface area contributed by atoms with Gasteiger partial charge in [-0.3, -0.25) is 0 Å². The number of rotatable bonds is 2. The van der Waals surface area contributed by atoms with Crippen LogP contribution in [-0.2, 0) is 4.74 Å². The predicted molar refractivity (Wildman–Crippen MR) is 79.4 cm³/mol. The van der Waals surface area contributed by atoms with E-state index in [9.17, 15) is 4.79 Å². The fraction of sp³-hybridized carbons (Fsp3) is 0.500. The molecule has 2 rings (SSSR count). The molecule has 1 aliphatic heterocycles. The molecular weight excluding hydrogens is 308 g/mol. The zero-order valence-corrected chi connectivity index (χ0v) is 13.0. The zero-order chi connectivity index (χ0) is 14.0. The molecule has 0 aromatic heterocycles. The number of benzene rings is 1. The number of nitrogens with one attached hydrogen (secondary N) is 1. The van der Waals surface area contributed by atoms with Crippen molar-refractivity contribution in [3.8, 4) is 0 Å². The van der Waals surface area contributed by atoms with Crippen molar-refractivity contribution in [3.63, 3.8) is 0 Å². The molecule has 0 aliphatic carbocycles. The van der Waals surface area contributed by atoms with Gasteiger partial charge in [-0.2, -0.15) is 0 Å². The highest BCUT2D eigenvalue weighted by Crippen LogP contribution is 2.21. The molecule has 1 fully saturated rings. The second-order valence-electron chi connectivity index (χ2n) is 5.74. The van der Waals surface area contributed by atoms with E-state index in [1.807, 2.05) is 45.0 Å². The lowest BCUT2D eigenvalue weighted by Crippen LogP contribution is -2.57. The Morgan fingerprint density at radius 3 is 2.68 bits per heavy atom. The van der Waals surface area contributed by atoms with Crippen molar-refractivity contribution in [2.45, 2.75) is 32.4 Å². The molecule has 1 heterocycles. The Morgan fingerprint density at radius 2 is 2.11 bits per heavy atom. The van der Waals surface area contributed by atoms with E-state index in [1.54, 1.807) is 4.90 Å². The topological polar surface area (TPSA) is 41.6 Å². The van der Waals surface area contributed by atoms with Crippen molar-refractivity contribution in [2.75, 3.05) is 18.4 Å². The van der Waals surface area contributed by atoms with E-state index < -0.39 is 5.60 Å². The molecule has 19 heavy (non-hydrogen) atoms. The summed E-state index contributed by atoms with van der Waals surface area (Å²) in [6, 6.07) is 8.30. The van der Waals surface area contributed by atoms with E-state index in [-0.39, 0.29) is 6.09 Å². The fourth-order valence-corrected chi connectivity index (χ4v) is 2.26. The first-order valence-electron chi connectivity index (χ1n) is 6.33. The number of carbonyl (C=O) groups is 1. The van der Waals surface area contributed by atoms with Crippen LogP contribution >= 0.6 is 15.9 Å². The molecule has 1 saturated heterocycles. The van der Waals surface area contributed by atoms with Crippen LogP contribution in [0.4, 0.5) is 10.5 Å². The Hall–Kier alpha value is -1.23. The minimum absolute atomic E-state index is 0.236. The van der Waals surface area contributed by atoms with Gasteiger partial charge in [-0.25, -0.2) is 4.79 Å². The summed E-state index contributed by atoms with van der Waals surface area (Å²) >= 11 is 3.44. The monoisotopic (exact) mass is 326 g/mol. The van der Waals surface area contributed by atoms with Gasteiger partial charge in [0.1, 0.15) is 5.60 Å². The molecule has 1 aliphatic rings. The van der Waals surface area contributed by atoms with Crippen molar-refractivity contribution in [1.29, 1.82) is 0 Å². The number of likely N-dealkylation sites (tertiary alicyclic amines) is 1. The zero-order valence-electron chi connectivity index (χ0n) is 11.4. The molecule has 0 saturated carbocycles. The van der Waals surface area contributed by atoms with E-state index in [0.717, 1.165) is 10.2 Å². The van der Waals surface area contributed by atoms with Gasteiger partial charge in [-0.05, 0) is 39.0 Å². The molecular formula is C14H19BrN2O2. The van der Waals surface area contributed by atoms with Gasteiger partial charge in [0.25, 0.3) is 0 Å². The van der Waals surface area contributed by atoms with E-state index in [0.29, 0.717) is 19.1 Å². The van der Waals surface area contributed by atoms with Crippen LogP contribution in [0.5, 0.6) is 0 Å². The maximum absolute atomic E-state index is 11.8. The number of hydrogen-bond acceptors (Lipinski definition) is 3. The lowest BCUT2D eigenvalue weighted by Gasteiger charge is -2.40. The lowest BCUT2D eigenvalue weighted by atomic mass is 10.1. The van der Waals surface area contributed by atoms with Gasteiger partial charge in [0, 0.05) is 23.2 Å². The molecule has 4 nitrogen and oxygen atoms in total. The Morgan fingerprint density at radius 1 is 1.42 bits per heavy atom. The van der Waals surface area contributed by atoms with Crippen LogP contribution in [0.3, 0.4) is 0 Å². The highest BCUT2D eigenvalue weighted by Gasteiger charge is 2.33. The molecule has 0 atom stereocenters. The summed E-state index contributed by atoms with van der Waals surface area (Å²) in [5, 5.41) is 3.39. The number of carbonyl (C=O) groups excluding carboxylic acids is 1. The minimum Gasteiger partial charge on any atom is -0.444 e. The average molecular weight is 327 g/mol. The lowest BCUT2D eigenvalue weighted by molar-refractivity contribution is 0.0105. The quantitative estimate of drug-likeness (QED) is 0.904. The fourth-order valence-electron chi connectivity index (χ4n) is 1.86. The molecule has 0 spiro atoms. The Labute approximate surface area is 122 Å². The van der Waals surface area contributed by atoms with Crippen molar-refractivity contribution in [1.82, 2.24) is 4.90 Å². The summed E-state index contributed by atoms with van der Waals surface area (Å²) in [7, 11) is 0. The third-order valence-corrected chi connectivity index (χ3v) is 3.22. The smallest absolute Gasteiger partial charge is 0.410 e. The van der Waals surface area contributed by atoms with Crippen molar-refractivity contribution >= 4 is 27.7 Å². The van der Waals surface area contributed by atoms with Crippen LogP contribution in [0.25, 0.3) is 0 Å². The van der Waals surface area contributed by atoms with Crippen LogP contribution in [0, 0.1) is 0 Å². The molecule has 1 aromatic rings. The number of amides is 1. The van der Waals surface area contributed by atoms with Gasteiger partial charge >= 0.3 is 6.09 Å².